The van der Waals surface area contributed by atoms with Crippen LogP contribution in [0.5, 0.6) is 0 Å². The molecule has 0 spiro atoms. The Morgan fingerprint density at radius 2 is 2.00 bits per heavy atom. The summed E-state index contributed by atoms with van der Waals surface area (Å²) in [5, 5.41) is 7.05. The van der Waals surface area contributed by atoms with Gasteiger partial charge in [0, 0.05) is 37.5 Å². The van der Waals surface area contributed by atoms with Crippen LogP contribution in [0.4, 0.5) is 5.00 Å². The molecular weight excluding hydrogens is 310 g/mol. The fraction of sp³-hybridized carbons (Fsp3) is 0.647. The summed E-state index contributed by atoms with van der Waals surface area (Å²) < 4.78 is 0. The van der Waals surface area contributed by atoms with Gasteiger partial charge < -0.3 is 15.5 Å². The SMILES string of the molecule is CC(C)CC(=O)Nc1sc2c(c1C(=O)N1CCNCC1)CCC2. The summed E-state index contributed by atoms with van der Waals surface area (Å²) in [6, 6.07) is 0. The van der Waals surface area contributed by atoms with E-state index in [9.17, 15) is 9.59 Å². The predicted octanol–water partition coefficient (Wildman–Crippen LogP) is 2.27. The first-order valence-electron chi connectivity index (χ1n) is 8.50. The minimum atomic E-state index is 0.00860. The van der Waals surface area contributed by atoms with Crippen molar-refractivity contribution in [2.75, 3.05) is 31.5 Å². The summed E-state index contributed by atoms with van der Waals surface area (Å²) in [6.45, 7) is 7.22. The van der Waals surface area contributed by atoms with Crippen molar-refractivity contribution in [3.63, 3.8) is 0 Å². The minimum absolute atomic E-state index is 0.00860. The van der Waals surface area contributed by atoms with Crippen molar-refractivity contribution in [3.8, 4) is 0 Å². The molecule has 0 bridgehead atoms. The minimum Gasteiger partial charge on any atom is -0.336 e. The maximum atomic E-state index is 13.0. The van der Waals surface area contributed by atoms with Crippen LogP contribution in [-0.2, 0) is 17.6 Å². The molecule has 0 saturated carbocycles. The van der Waals surface area contributed by atoms with Crippen LogP contribution in [0.25, 0.3) is 0 Å². The molecule has 2 heterocycles. The molecule has 1 aromatic heterocycles. The molecule has 1 saturated heterocycles. The molecule has 0 aromatic carbocycles. The summed E-state index contributed by atoms with van der Waals surface area (Å²) in [7, 11) is 0. The van der Waals surface area contributed by atoms with Crippen LogP contribution in [0.2, 0.25) is 0 Å². The lowest BCUT2D eigenvalue weighted by atomic mass is 10.1. The molecule has 126 valence electrons. The van der Waals surface area contributed by atoms with Crippen LogP contribution in [0, 0.1) is 5.92 Å². The van der Waals surface area contributed by atoms with E-state index >= 15 is 0 Å². The van der Waals surface area contributed by atoms with E-state index in [4.69, 9.17) is 0 Å². The zero-order chi connectivity index (χ0) is 16.4. The molecule has 5 nitrogen and oxygen atoms in total. The summed E-state index contributed by atoms with van der Waals surface area (Å²) in [5.74, 6) is 0.411. The van der Waals surface area contributed by atoms with E-state index < -0.39 is 0 Å². The van der Waals surface area contributed by atoms with Crippen molar-refractivity contribution in [1.29, 1.82) is 0 Å². The quantitative estimate of drug-likeness (QED) is 0.887. The predicted molar refractivity (Wildman–Crippen MR) is 93.2 cm³/mol. The van der Waals surface area contributed by atoms with E-state index in [1.54, 1.807) is 11.3 Å². The second kappa shape index (κ2) is 7.01. The van der Waals surface area contributed by atoms with Gasteiger partial charge in [-0.3, -0.25) is 9.59 Å². The number of piperazine rings is 1. The van der Waals surface area contributed by atoms with Gasteiger partial charge in [-0.2, -0.15) is 0 Å². The van der Waals surface area contributed by atoms with Crippen molar-refractivity contribution in [1.82, 2.24) is 10.2 Å². The van der Waals surface area contributed by atoms with Gasteiger partial charge in [-0.1, -0.05) is 13.8 Å². The summed E-state index contributed by atoms with van der Waals surface area (Å²) in [4.78, 5) is 28.4. The zero-order valence-electron chi connectivity index (χ0n) is 13.9. The normalized spacial score (nSPS) is 17.4. The van der Waals surface area contributed by atoms with Gasteiger partial charge in [-0.15, -0.1) is 11.3 Å². The molecule has 2 amide bonds. The first-order chi connectivity index (χ1) is 11.1. The number of carbonyl (C=O) groups is 2. The number of fused-ring (bicyclic) bond motifs is 1. The number of rotatable bonds is 4. The van der Waals surface area contributed by atoms with Crippen LogP contribution >= 0.6 is 11.3 Å². The van der Waals surface area contributed by atoms with Gasteiger partial charge in [0.1, 0.15) is 5.00 Å². The van der Waals surface area contributed by atoms with Crippen LogP contribution in [0.3, 0.4) is 0 Å². The third-order valence-electron chi connectivity index (χ3n) is 4.39. The highest BCUT2D eigenvalue weighted by Crippen LogP contribution is 2.40. The third kappa shape index (κ3) is 3.58. The molecule has 1 aromatic rings. The molecule has 0 unspecified atom stereocenters. The lowest BCUT2D eigenvalue weighted by molar-refractivity contribution is -0.116. The zero-order valence-corrected chi connectivity index (χ0v) is 14.7. The lowest BCUT2D eigenvalue weighted by Gasteiger charge is -2.28. The first-order valence-corrected chi connectivity index (χ1v) is 9.32. The van der Waals surface area contributed by atoms with E-state index in [2.05, 4.69) is 10.6 Å². The molecule has 0 radical (unpaired) electrons. The fourth-order valence-corrected chi connectivity index (χ4v) is 4.59. The van der Waals surface area contributed by atoms with Gasteiger partial charge in [0.05, 0.1) is 5.56 Å². The number of anilines is 1. The number of amides is 2. The fourth-order valence-electron chi connectivity index (χ4n) is 3.29. The number of aryl methyl sites for hydroxylation is 1. The van der Waals surface area contributed by atoms with E-state index in [0.29, 0.717) is 12.3 Å². The smallest absolute Gasteiger partial charge is 0.257 e. The second-order valence-electron chi connectivity index (χ2n) is 6.75. The Morgan fingerprint density at radius 3 is 2.70 bits per heavy atom. The highest BCUT2D eigenvalue weighted by atomic mass is 32.1. The molecule has 23 heavy (non-hydrogen) atoms. The Morgan fingerprint density at radius 1 is 1.26 bits per heavy atom. The number of nitrogens with one attached hydrogen (secondary N) is 2. The van der Waals surface area contributed by atoms with Gasteiger partial charge in [-0.25, -0.2) is 0 Å². The van der Waals surface area contributed by atoms with Gasteiger partial charge in [0.2, 0.25) is 5.91 Å². The number of thiophene rings is 1. The van der Waals surface area contributed by atoms with Crippen molar-refractivity contribution >= 4 is 28.2 Å². The molecule has 1 aliphatic carbocycles. The maximum absolute atomic E-state index is 13.0. The van der Waals surface area contributed by atoms with E-state index in [1.165, 1.54) is 10.4 Å². The Hall–Kier alpha value is -1.40. The number of hydrogen-bond acceptors (Lipinski definition) is 4. The summed E-state index contributed by atoms with van der Waals surface area (Å²) in [6.07, 6.45) is 3.59. The van der Waals surface area contributed by atoms with E-state index in [-0.39, 0.29) is 11.8 Å². The molecule has 2 aliphatic rings. The molecule has 6 heteroatoms. The van der Waals surface area contributed by atoms with E-state index in [0.717, 1.165) is 56.0 Å². The van der Waals surface area contributed by atoms with Crippen molar-refractivity contribution in [2.24, 2.45) is 5.92 Å². The van der Waals surface area contributed by atoms with Crippen LogP contribution < -0.4 is 10.6 Å². The van der Waals surface area contributed by atoms with Gasteiger partial charge in [0.15, 0.2) is 0 Å². The van der Waals surface area contributed by atoms with Gasteiger partial charge >= 0.3 is 0 Å². The Bertz CT molecular complexity index is 603. The Labute approximate surface area is 141 Å². The second-order valence-corrected chi connectivity index (χ2v) is 7.85. The third-order valence-corrected chi connectivity index (χ3v) is 5.59. The number of carbonyl (C=O) groups excluding carboxylic acids is 2. The number of hydrogen-bond donors (Lipinski definition) is 2. The topological polar surface area (TPSA) is 61.4 Å². The molecule has 1 fully saturated rings. The largest absolute Gasteiger partial charge is 0.336 e. The molecule has 2 N–H and O–H groups in total. The number of nitrogens with zero attached hydrogens (tertiary/aromatic N) is 1. The summed E-state index contributed by atoms with van der Waals surface area (Å²) in [5.41, 5.74) is 1.94. The van der Waals surface area contributed by atoms with Crippen molar-refractivity contribution in [3.05, 3.63) is 16.0 Å². The average Bonchev–Trinajstić information content (AvgIpc) is 3.07. The van der Waals surface area contributed by atoms with E-state index in [1.807, 2.05) is 18.7 Å². The first kappa shape index (κ1) is 16.5. The van der Waals surface area contributed by atoms with Crippen LogP contribution in [0.15, 0.2) is 0 Å². The molecule has 1 aliphatic heterocycles. The Balaban J connectivity index is 1.85. The standard InChI is InChI=1S/C17H25N3O2S/c1-11(2)10-14(21)19-16-15(12-4-3-5-13(12)23-16)17(22)20-8-6-18-7-9-20/h11,18H,3-10H2,1-2H3,(H,19,21). The van der Waals surface area contributed by atoms with Crippen LogP contribution in [-0.4, -0.2) is 42.9 Å². The van der Waals surface area contributed by atoms with Gasteiger partial charge in [0.25, 0.3) is 5.91 Å². The highest BCUT2D eigenvalue weighted by Gasteiger charge is 2.30. The molecule has 0 atom stereocenters. The maximum Gasteiger partial charge on any atom is 0.257 e. The van der Waals surface area contributed by atoms with Crippen molar-refractivity contribution in [2.45, 2.75) is 39.5 Å². The van der Waals surface area contributed by atoms with Crippen LogP contribution in [0.1, 0.15) is 47.5 Å². The summed E-state index contributed by atoms with van der Waals surface area (Å²) >= 11 is 1.60. The highest BCUT2D eigenvalue weighted by molar-refractivity contribution is 7.17. The Kier molecular flexibility index (Phi) is 5.02. The molecular formula is C17H25N3O2S. The lowest BCUT2D eigenvalue weighted by Crippen LogP contribution is -2.46. The monoisotopic (exact) mass is 335 g/mol. The molecule has 3 rings (SSSR count). The van der Waals surface area contributed by atoms with Gasteiger partial charge in [-0.05, 0) is 30.7 Å². The average molecular weight is 335 g/mol. The van der Waals surface area contributed by atoms with Crippen molar-refractivity contribution < 1.29 is 9.59 Å².